The first-order chi connectivity index (χ1) is 11.8. The van der Waals surface area contributed by atoms with E-state index in [-0.39, 0.29) is 12.5 Å². The fourth-order valence-corrected chi connectivity index (χ4v) is 3.38. The Morgan fingerprint density at radius 2 is 2.04 bits per heavy atom. The molecule has 1 aromatic heterocycles. The zero-order valence-corrected chi connectivity index (χ0v) is 15.2. The summed E-state index contributed by atoms with van der Waals surface area (Å²) in [4.78, 5) is 17.8. The van der Waals surface area contributed by atoms with E-state index in [4.69, 9.17) is 4.74 Å². The van der Waals surface area contributed by atoms with Gasteiger partial charge < -0.3 is 20.1 Å². The number of benzene rings is 1. The maximum atomic E-state index is 12.5. The molecule has 0 spiro atoms. The van der Waals surface area contributed by atoms with E-state index in [9.17, 15) is 9.90 Å². The molecule has 0 radical (unpaired) electrons. The topological polar surface area (TPSA) is 77.6 Å². The average Bonchev–Trinajstić information content (AvgIpc) is 2.97. The number of rotatable bonds is 5. The first kappa shape index (κ1) is 17.9. The zero-order chi connectivity index (χ0) is 18.0. The Morgan fingerprint density at radius 1 is 1.32 bits per heavy atom. The van der Waals surface area contributed by atoms with Crippen LogP contribution in [-0.2, 0) is 4.74 Å². The predicted octanol–water partition coefficient (Wildman–Crippen LogP) is 1.60. The van der Waals surface area contributed by atoms with Crippen LogP contribution in [0.1, 0.15) is 28.5 Å². The van der Waals surface area contributed by atoms with Crippen molar-refractivity contribution in [1.29, 1.82) is 0 Å². The van der Waals surface area contributed by atoms with Crippen molar-refractivity contribution in [2.24, 2.45) is 0 Å². The van der Waals surface area contributed by atoms with Gasteiger partial charge >= 0.3 is 0 Å². The number of carbonyl (C=O) groups excluding carboxylic acids is 1. The molecule has 136 valence electrons. The van der Waals surface area contributed by atoms with E-state index in [1.165, 1.54) is 0 Å². The van der Waals surface area contributed by atoms with Gasteiger partial charge in [0.1, 0.15) is 5.69 Å². The average molecular weight is 345 g/mol. The molecular weight excluding hydrogens is 318 g/mol. The third-order valence-corrected chi connectivity index (χ3v) is 4.63. The van der Waals surface area contributed by atoms with Crippen molar-refractivity contribution in [3.05, 3.63) is 35.0 Å². The quantitative estimate of drug-likeness (QED) is 0.769. The van der Waals surface area contributed by atoms with Crippen molar-refractivity contribution in [3.63, 3.8) is 0 Å². The monoisotopic (exact) mass is 345 g/mol. The number of amides is 1. The van der Waals surface area contributed by atoms with Crippen LogP contribution in [0.25, 0.3) is 10.9 Å². The highest BCUT2D eigenvalue weighted by Crippen LogP contribution is 2.21. The van der Waals surface area contributed by atoms with Crippen LogP contribution in [0.2, 0.25) is 0 Å². The first-order valence-corrected chi connectivity index (χ1v) is 8.75. The number of aromatic amines is 1. The number of aliphatic hydroxyl groups is 1. The van der Waals surface area contributed by atoms with Crippen molar-refractivity contribution in [2.75, 3.05) is 39.4 Å². The van der Waals surface area contributed by atoms with Crippen LogP contribution < -0.4 is 5.32 Å². The Morgan fingerprint density at radius 3 is 2.76 bits per heavy atom. The Hall–Kier alpha value is -1.89. The Bertz CT molecular complexity index is 761. The molecule has 0 bridgehead atoms. The van der Waals surface area contributed by atoms with Gasteiger partial charge in [0.2, 0.25) is 0 Å². The molecule has 1 atom stereocenters. The van der Waals surface area contributed by atoms with Crippen molar-refractivity contribution < 1.29 is 14.6 Å². The van der Waals surface area contributed by atoms with Crippen molar-refractivity contribution >= 4 is 16.8 Å². The Labute approximate surface area is 148 Å². The standard InChI is InChI=1S/C19H27N3O3/c1-13-8-14(2)15-10-17(21-16(15)9-13)18(23)20-11-19(3,24)12-22-4-6-25-7-5-22/h8-10,21,24H,4-7,11-12H2,1-3H3,(H,20,23). The van der Waals surface area contributed by atoms with Gasteiger partial charge in [0.25, 0.3) is 5.91 Å². The van der Waals surface area contributed by atoms with Crippen LogP contribution in [0.4, 0.5) is 0 Å². The van der Waals surface area contributed by atoms with Crippen molar-refractivity contribution in [3.8, 4) is 0 Å². The number of ether oxygens (including phenoxy) is 1. The summed E-state index contributed by atoms with van der Waals surface area (Å²) in [6.07, 6.45) is 0. The number of morpholine rings is 1. The molecule has 0 aliphatic carbocycles. The van der Waals surface area contributed by atoms with Gasteiger partial charge in [-0.15, -0.1) is 0 Å². The number of fused-ring (bicyclic) bond motifs is 1. The lowest BCUT2D eigenvalue weighted by Gasteiger charge is -2.33. The second kappa shape index (κ2) is 7.15. The van der Waals surface area contributed by atoms with E-state index in [0.717, 1.165) is 35.1 Å². The summed E-state index contributed by atoms with van der Waals surface area (Å²) in [5.41, 5.74) is 2.80. The lowest BCUT2D eigenvalue weighted by molar-refractivity contribution is -0.0213. The summed E-state index contributed by atoms with van der Waals surface area (Å²) in [6, 6.07) is 6.01. The predicted molar refractivity (Wildman–Crippen MR) is 98.0 cm³/mol. The molecule has 1 saturated heterocycles. The van der Waals surface area contributed by atoms with Crippen molar-refractivity contribution in [2.45, 2.75) is 26.4 Å². The highest BCUT2D eigenvalue weighted by atomic mass is 16.5. The van der Waals surface area contributed by atoms with Crippen LogP contribution in [0.5, 0.6) is 0 Å². The van der Waals surface area contributed by atoms with Gasteiger partial charge in [-0.25, -0.2) is 0 Å². The van der Waals surface area contributed by atoms with Crippen molar-refractivity contribution in [1.82, 2.24) is 15.2 Å². The highest BCUT2D eigenvalue weighted by molar-refractivity contribution is 5.99. The second-order valence-electron chi connectivity index (χ2n) is 7.29. The fourth-order valence-electron chi connectivity index (χ4n) is 3.38. The van der Waals surface area contributed by atoms with E-state index in [2.05, 4.69) is 21.3 Å². The normalized spacial score (nSPS) is 18.2. The molecule has 1 amide bonds. The van der Waals surface area contributed by atoms with E-state index in [1.807, 2.05) is 26.0 Å². The smallest absolute Gasteiger partial charge is 0.267 e. The molecule has 3 rings (SSSR count). The molecule has 6 nitrogen and oxygen atoms in total. The number of nitrogens with zero attached hydrogens (tertiary/aromatic N) is 1. The third kappa shape index (κ3) is 4.39. The van der Waals surface area contributed by atoms with Gasteiger partial charge in [-0.1, -0.05) is 6.07 Å². The number of H-pyrrole nitrogens is 1. The maximum absolute atomic E-state index is 12.5. The molecule has 1 unspecified atom stereocenters. The lowest BCUT2D eigenvalue weighted by atomic mass is 10.1. The second-order valence-corrected chi connectivity index (χ2v) is 7.29. The van der Waals surface area contributed by atoms with Gasteiger partial charge in [0, 0.05) is 37.1 Å². The molecule has 0 saturated carbocycles. The molecule has 1 fully saturated rings. The molecule has 1 aliphatic rings. The summed E-state index contributed by atoms with van der Waals surface area (Å²) < 4.78 is 5.32. The summed E-state index contributed by atoms with van der Waals surface area (Å²) >= 11 is 0. The minimum Gasteiger partial charge on any atom is -0.387 e. The molecule has 1 aromatic carbocycles. The van der Waals surface area contributed by atoms with Gasteiger partial charge in [-0.3, -0.25) is 9.69 Å². The number of aromatic nitrogens is 1. The molecule has 1 aliphatic heterocycles. The first-order valence-electron chi connectivity index (χ1n) is 8.75. The SMILES string of the molecule is Cc1cc(C)c2cc(C(=O)NCC(C)(O)CN3CCOCC3)[nH]c2c1. The summed E-state index contributed by atoms with van der Waals surface area (Å²) in [7, 11) is 0. The van der Waals surface area contributed by atoms with Crippen LogP contribution in [-0.4, -0.2) is 65.9 Å². The minimum absolute atomic E-state index is 0.199. The van der Waals surface area contributed by atoms with Crippen LogP contribution in [0.3, 0.4) is 0 Å². The number of β-amino-alcohol motifs (C(OH)–C–C–N with tert-alkyl or cyclic N) is 1. The molecule has 2 heterocycles. The largest absolute Gasteiger partial charge is 0.387 e. The minimum atomic E-state index is -0.981. The summed E-state index contributed by atoms with van der Waals surface area (Å²) in [6.45, 7) is 9.55. The number of aryl methyl sites for hydroxylation is 2. The molecule has 3 N–H and O–H groups in total. The van der Waals surface area contributed by atoms with Crippen LogP contribution in [0, 0.1) is 13.8 Å². The summed E-state index contributed by atoms with van der Waals surface area (Å²) in [5.74, 6) is -0.199. The number of hydrogen-bond donors (Lipinski definition) is 3. The number of carbonyl (C=O) groups is 1. The number of hydrogen-bond acceptors (Lipinski definition) is 4. The van der Waals surface area contributed by atoms with E-state index in [1.54, 1.807) is 6.92 Å². The van der Waals surface area contributed by atoms with E-state index >= 15 is 0 Å². The third-order valence-electron chi connectivity index (χ3n) is 4.63. The molecular formula is C19H27N3O3. The van der Waals surface area contributed by atoms with Crippen LogP contribution >= 0.6 is 0 Å². The van der Waals surface area contributed by atoms with Gasteiger partial charge in [-0.2, -0.15) is 0 Å². The molecule has 6 heteroatoms. The fraction of sp³-hybridized carbons (Fsp3) is 0.526. The van der Waals surface area contributed by atoms with E-state index in [0.29, 0.717) is 25.5 Å². The van der Waals surface area contributed by atoms with E-state index < -0.39 is 5.60 Å². The maximum Gasteiger partial charge on any atom is 0.267 e. The lowest BCUT2D eigenvalue weighted by Crippen LogP contribution is -2.51. The molecule has 2 aromatic rings. The van der Waals surface area contributed by atoms with Gasteiger partial charge in [0.15, 0.2) is 0 Å². The van der Waals surface area contributed by atoms with Gasteiger partial charge in [0.05, 0.1) is 18.8 Å². The van der Waals surface area contributed by atoms with Crippen LogP contribution in [0.15, 0.2) is 18.2 Å². The van der Waals surface area contributed by atoms with Gasteiger partial charge in [-0.05, 0) is 44.0 Å². The Balaban J connectivity index is 1.62. The number of nitrogens with one attached hydrogen (secondary N) is 2. The Kier molecular flexibility index (Phi) is 5.13. The molecule has 25 heavy (non-hydrogen) atoms. The summed E-state index contributed by atoms with van der Waals surface area (Å²) in [5, 5.41) is 14.5. The zero-order valence-electron chi connectivity index (χ0n) is 15.2. The highest BCUT2D eigenvalue weighted by Gasteiger charge is 2.26.